The Morgan fingerprint density at radius 1 is 1.03 bits per heavy atom. The molecule has 3 aromatic heterocycles. The summed E-state index contributed by atoms with van der Waals surface area (Å²) in [6.07, 6.45) is 6.34. The number of halogens is 1. The van der Waals surface area contributed by atoms with E-state index in [0.29, 0.717) is 17.3 Å². The number of pyridine rings is 1. The van der Waals surface area contributed by atoms with Crippen molar-refractivity contribution in [2.45, 2.75) is 12.5 Å². The summed E-state index contributed by atoms with van der Waals surface area (Å²) in [7, 11) is 0. The number of rotatable bonds is 5. The lowest BCUT2D eigenvalue weighted by molar-refractivity contribution is 0.0746. The minimum absolute atomic E-state index is 0.0496. The number of carbonyl (C=O) groups is 1. The minimum Gasteiger partial charge on any atom is -0.361 e. The van der Waals surface area contributed by atoms with Crippen LogP contribution in [0.25, 0.3) is 22.2 Å². The molecule has 0 bridgehead atoms. The molecule has 2 N–H and O–H groups in total. The number of fused-ring (bicyclic) bond motifs is 2. The molecular formula is C26H20ClN5O. The van der Waals surface area contributed by atoms with Gasteiger partial charge in [-0.15, -0.1) is 0 Å². The number of amides is 1. The van der Waals surface area contributed by atoms with Crippen molar-refractivity contribution in [1.82, 2.24) is 25.1 Å². The third-order valence-electron chi connectivity index (χ3n) is 6.28. The van der Waals surface area contributed by atoms with Crippen molar-refractivity contribution in [2.24, 2.45) is 0 Å². The Bertz CT molecular complexity index is 1460. The van der Waals surface area contributed by atoms with E-state index in [-0.39, 0.29) is 11.9 Å². The van der Waals surface area contributed by atoms with Gasteiger partial charge in [0.15, 0.2) is 0 Å². The number of nitrogens with one attached hydrogen (secondary N) is 2. The summed E-state index contributed by atoms with van der Waals surface area (Å²) in [5.41, 5.74) is 6.34. The number of carbonyl (C=O) groups excluding carboxylic acids is 1. The molecule has 1 amide bonds. The number of hydrogen-bond donors (Lipinski definition) is 2. The minimum atomic E-state index is -0.268. The largest absolute Gasteiger partial charge is 0.361 e. The van der Waals surface area contributed by atoms with Gasteiger partial charge in [-0.1, -0.05) is 48.0 Å². The Labute approximate surface area is 195 Å². The predicted octanol–water partition coefficient (Wildman–Crippen LogP) is 5.39. The van der Waals surface area contributed by atoms with Gasteiger partial charge in [-0.25, -0.2) is 0 Å². The Morgan fingerprint density at radius 3 is 2.70 bits per heavy atom. The Morgan fingerprint density at radius 2 is 1.88 bits per heavy atom. The molecule has 33 heavy (non-hydrogen) atoms. The molecule has 6 rings (SSSR count). The van der Waals surface area contributed by atoms with Gasteiger partial charge in [-0.05, 0) is 41.8 Å². The molecule has 1 aliphatic rings. The van der Waals surface area contributed by atoms with Crippen LogP contribution in [0.15, 0.2) is 79.3 Å². The van der Waals surface area contributed by atoms with E-state index in [0.717, 1.165) is 34.3 Å². The van der Waals surface area contributed by atoms with E-state index in [1.165, 1.54) is 10.9 Å². The van der Waals surface area contributed by atoms with E-state index in [1.54, 1.807) is 6.20 Å². The lowest BCUT2D eigenvalue weighted by Gasteiger charge is -2.26. The highest BCUT2D eigenvalue weighted by Crippen LogP contribution is 2.42. The highest BCUT2D eigenvalue weighted by atomic mass is 35.5. The average Bonchev–Trinajstić information content (AvgIpc) is 3.53. The maximum absolute atomic E-state index is 13.5. The van der Waals surface area contributed by atoms with E-state index in [4.69, 9.17) is 11.6 Å². The summed E-state index contributed by atoms with van der Waals surface area (Å²) in [6, 6.07) is 19.4. The average molecular weight is 454 g/mol. The first-order valence-electron chi connectivity index (χ1n) is 10.8. The number of aromatic amines is 2. The third kappa shape index (κ3) is 3.31. The van der Waals surface area contributed by atoms with E-state index in [2.05, 4.69) is 32.3 Å². The monoisotopic (exact) mass is 453 g/mol. The number of aromatic nitrogens is 4. The molecule has 0 saturated heterocycles. The Hall–Kier alpha value is -3.90. The predicted molar refractivity (Wildman–Crippen MR) is 128 cm³/mol. The van der Waals surface area contributed by atoms with E-state index < -0.39 is 0 Å². The van der Waals surface area contributed by atoms with Gasteiger partial charge in [0, 0.05) is 52.2 Å². The standard InChI is InChI=1S/C26H20ClN5O/c27-19-9-7-16(8-10-19)23-22-24(31-30-23)26(33)32(25(22)18-4-3-12-28-14-18)13-11-17-15-29-21-6-2-1-5-20(17)21/h1-10,12,14-15,25,29H,11,13H2,(H,30,31). The molecule has 0 radical (unpaired) electrons. The number of hydrogen-bond acceptors (Lipinski definition) is 3. The number of H-pyrrole nitrogens is 2. The van der Waals surface area contributed by atoms with Crippen molar-refractivity contribution in [3.05, 3.63) is 107 Å². The zero-order valence-electron chi connectivity index (χ0n) is 17.6. The third-order valence-corrected chi connectivity index (χ3v) is 6.53. The van der Waals surface area contributed by atoms with Gasteiger partial charge < -0.3 is 9.88 Å². The normalized spacial score (nSPS) is 15.4. The van der Waals surface area contributed by atoms with Crippen LogP contribution in [0.1, 0.15) is 33.2 Å². The van der Waals surface area contributed by atoms with Gasteiger partial charge in [0.05, 0.1) is 11.7 Å². The van der Waals surface area contributed by atoms with E-state index in [1.807, 2.05) is 65.8 Å². The summed E-state index contributed by atoms with van der Waals surface area (Å²) in [6.45, 7) is 0.572. The summed E-state index contributed by atoms with van der Waals surface area (Å²) in [5, 5.41) is 9.35. The zero-order chi connectivity index (χ0) is 22.4. The van der Waals surface area contributed by atoms with Crippen LogP contribution in [0.4, 0.5) is 0 Å². The number of nitrogens with zero attached hydrogens (tertiary/aromatic N) is 3. The van der Waals surface area contributed by atoms with Crippen molar-refractivity contribution < 1.29 is 4.79 Å². The smallest absolute Gasteiger partial charge is 0.273 e. The van der Waals surface area contributed by atoms with Crippen LogP contribution in [-0.4, -0.2) is 37.5 Å². The summed E-state index contributed by atoms with van der Waals surface area (Å²) in [5.74, 6) is -0.0496. The maximum atomic E-state index is 13.5. The van der Waals surface area contributed by atoms with Crippen molar-refractivity contribution in [3.8, 4) is 11.3 Å². The Balaban J connectivity index is 1.40. The lowest BCUT2D eigenvalue weighted by atomic mass is 9.97. The molecule has 2 aromatic carbocycles. The quantitative estimate of drug-likeness (QED) is 0.374. The van der Waals surface area contributed by atoms with Crippen LogP contribution in [0.2, 0.25) is 5.02 Å². The van der Waals surface area contributed by atoms with Gasteiger partial charge in [0.2, 0.25) is 0 Å². The van der Waals surface area contributed by atoms with Crippen molar-refractivity contribution in [2.75, 3.05) is 6.54 Å². The molecule has 1 unspecified atom stereocenters. The second kappa shape index (κ2) is 7.90. The molecule has 6 nitrogen and oxygen atoms in total. The van der Waals surface area contributed by atoms with Crippen LogP contribution in [-0.2, 0) is 6.42 Å². The van der Waals surface area contributed by atoms with Gasteiger partial charge in [0.25, 0.3) is 5.91 Å². The maximum Gasteiger partial charge on any atom is 0.273 e. The van der Waals surface area contributed by atoms with E-state index >= 15 is 0 Å². The van der Waals surface area contributed by atoms with Gasteiger partial charge in [-0.3, -0.25) is 14.9 Å². The second-order valence-electron chi connectivity index (χ2n) is 8.16. The molecule has 7 heteroatoms. The first kappa shape index (κ1) is 19.8. The van der Waals surface area contributed by atoms with Crippen molar-refractivity contribution >= 4 is 28.4 Å². The molecule has 162 valence electrons. The Kier molecular flexibility index (Phi) is 4.73. The molecule has 4 heterocycles. The van der Waals surface area contributed by atoms with Gasteiger partial charge >= 0.3 is 0 Å². The summed E-state index contributed by atoms with van der Waals surface area (Å²) < 4.78 is 0. The fourth-order valence-electron chi connectivity index (χ4n) is 4.72. The number of benzene rings is 2. The SMILES string of the molecule is O=C1c2[nH]nc(-c3ccc(Cl)cc3)c2C(c2cccnc2)N1CCc1c[nH]c2ccccc12. The summed E-state index contributed by atoms with van der Waals surface area (Å²) >= 11 is 6.09. The molecule has 0 saturated carbocycles. The van der Waals surface area contributed by atoms with Gasteiger partial charge in [-0.2, -0.15) is 5.10 Å². The van der Waals surface area contributed by atoms with Crippen molar-refractivity contribution in [3.63, 3.8) is 0 Å². The van der Waals surface area contributed by atoms with Crippen LogP contribution < -0.4 is 0 Å². The van der Waals surface area contributed by atoms with E-state index in [9.17, 15) is 4.79 Å². The first-order chi connectivity index (χ1) is 16.2. The lowest BCUT2D eigenvalue weighted by Crippen LogP contribution is -2.31. The van der Waals surface area contributed by atoms with Gasteiger partial charge in [0.1, 0.15) is 5.69 Å². The molecule has 0 spiro atoms. The highest BCUT2D eigenvalue weighted by molar-refractivity contribution is 6.30. The molecule has 1 atom stereocenters. The molecule has 5 aromatic rings. The van der Waals surface area contributed by atoms with Crippen LogP contribution in [0.5, 0.6) is 0 Å². The van der Waals surface area contributed by atoms with Crippen LogP contribution in [0.3, 0.4) is 0 Å². The molecule has 1 aliphatic heterocycles. The number of para-hydroxylation sites is 1. The molecule has 0 fully saturated rings. The molecule has 0 aliphatic carbocycles. The second-order valence-corrected chi connectivity index (χ2v) is 8.60. The highest BCUT2D eigenvalue weighted by Gasteiger charge is 2.42. The zero-order valence-corrected chi connectivity index (χ0v) is 18.4. The van der Waals surface area contributed by atoms with Crippen LogP contribution in [0, 0.1) is 0 Å². The van der Waals surface area contributed by atoms with Crippen LogP contribution >= 0.6 is 11.6 Å². The topological polar surface area (TPSA) is 77.7 Å². The fourth-order valence-corrected chi connectivity index (χ4v) is 4.84. The first-order valence-corrected chi connectivity index (χ1v) is 11.2. The molecular weight excluding hydrogens is 434 g/mol. The van der Waals surface area contributed by atoms with Crippen molar-refractivity contribution in [1.29, 1.82) is 0 Å². The summed E-state index contributed by atoms with van der Waals surface area (Å²) in [4.78, 5) is 23.1. The fraction of sp³-hybridized carbons (Fsp3) is 0.115.